The number of aryl methyl sites for hydroxylation is 1. The number of aromatic nitrogens is 1. The number of methoxy groups -OCH3 is 1. The van der Waals surface area contributed by atoms with E-state index in [4.69, 9.17) is 0 Å². The Balaban J connectivity index is 2.23. The Hall–Kier alpha value is -1.34. The van der Waals surface area contributed by atoms with Crippen molar-refractivity contribution >= 4 is 16.0 Å². The van der Waals surface area contributed by atoms with Crippen molar-refractivity contribution < 1.29 is 17.9 Å². The Bertz CT molecular complexity index is 571. The predicted octanol–water partition coefficient (Wildman–Crippen LogP) is 1.03. The van der Waals surface area contributed by atoms with Gasteiger partial charge in [0.1, 0.15) is 10.6 Å². The molecule has 0 radical (unpaired) electrons. The van der Waals surface area contributed by atoms with Gasteiger partial charge in [0.2, 0.25) is 10.0 Å². The van der Waals surface area contributed by atoms with Crippen LogP contribution in [0.15, 0.2) is 17.2 Å². The zero-order chi connectivity index (χ0) is 14.0. The molecule has 0 bridgehead atoms. The third-order valence-corrected chi connectivity index (χ3v) is 4.85. The van der Waals surface area contributed by atoms with Gasteiger partial charge in [0, 0.05) is 19.3 Å². The second kappa shape index (κ2) is 5.34. The van der Waals surface area contributed by atoms with Crippen molar-refractivity contribution in [2.45, 2.75) is 36.6 Å². The molecule has 0 aromatic carbocycles. The van der Waals surface area contributed by atoms with Crippen LogP contribution in [0.5, 0.6) is 0 Å². The van der Waals surface area contributed by atoms with Gasteiger partial charge in [-0.15, -0.1) is 0 Å². The van der Waals surface area contributed by atoms with Gasteiger partial charge >= 0.3 is 5.97 Å². The zero-order valence-electron chi connectivity index (χ0n) is 11.0. The normalized spacial score (nSPS) is 16.7. The molecule has 1 aromatic rings. The highest BCUT2D eigenvalue weighted by atomic mass is 32.2. The summed E-state index contributed by atoms with van der Waals surface area (Å²) in [5, 5.41) is 0. The maximum atomic E-state index is 12.2. The number of nitrogens with one attached hydrogen (secondary N) is 1. The highest BCUT2D eigenvalue weighted by molar-refractivity contribution is 7.89. The van der Waals surface area contributed by atoms with Gasteiger partial charge in [-0.2, -0.15) is 0 Å². The van der Waals surface area contributed by atoms with Crippen LogP contribution in [0.3, 0.4) is 0 Å². The molecule has 7 heteroatoms. The summed E-state index contributed by atoms with van der Waals surface area (Å²) in [6.07, 6.45) is 5.26. The quantitative estimate of drug-likeness (QED) is 0.839. The second-order valence-electron chi connectivity index (χ2n) is 4.77. The molecular weight excluding hydrogens is 268 g/mol. The number of hydrogen-bond donors (Lipinski definition) is 1. The molecule has 1 aliphatic rings. The lowest BCUT2D eigenvalue weighted by Gasteiger charge is -2.10. The van der Waals surface area contributed by atoms with Gasteiger partial charge in [0.15, 0.2) is 0 Å². The lowest BCUT2D eigenvalue weighted by atomic mass is 10.3. The average molecular weight is 286 g/mol. The first kappa shape index (κ1) is 14.1. The molecule has 1 N–H and O–H groups in total. The van der Waals surface area contributed by atoms with Crippen molar-refractivity contribution in [2.24, 2.45) is 7.05 Å². The molecule has 0 aliphatic heterocycles. The maximum Gasteiger partial charge on any atom is 0.354 e. The summed E-state index contributed by atoms with van der Waals surface area (Å²) in [5.41, 5.74) is 0.217. The van der Waals surface area contributed by atoms with Crippen LogP contribution in [0.25, 0.3) is 0 Å². The van der Waals surface area contributed by atoms with Crippen LogP contribution in [-0.2, 0) is 21.8 Å². The zero-order valence-corrected chi connectivity index (χ0v) is 11.9. The van der Waals surface area contributed by atoms with E-state index in [1.807, 2.05) is 0 Å². The van der Waals surface area contributed by atoms with Gasteiger partial charge in [-0.3, -0.25) is 0 Å². The van der Waals surface area contributed by atoms with Crippen LogP contribution in [0.2, 0.25) is 0 Å². The van der Waals surface area contributed by atoms with Gasteiger partial charge in [-0.25, -0.2) is 17.9 Å². The van der Waals surface area contributed by atoms with Crippen LogP contribution in [0, 0.1) is 0 Å². The largest absolute Gasteiger partial charge is 0.464 e. The van der Waals surface area contributed by atoms with E-state index in [-0.39, 0.29) is 16.6 Å². The summed E-state index contributed by atoms with van der Waals surface area (Å²) in [7, 11) is -0.690. The van der Waals surface area contributed by atoms with E-state index in [0.29, 0.717) is 0 Å². The molecule has 0 amide bonds. The van der Waals surface area contributed by atoms with E-state index in [9.17, 15) is 13.2 Å². The third kappa shape index (κ3) is 2.98. The monoisotopic (exact) mass is 286 g/mol. The van der Waals surface area contributed by atoms with Crippen LogP contribution in [-0.4, -0.2) is 32.1 Å². The summed E-state index contributed by atoms with van der Waals surface area (Å²) in [5.74, 6) is -0.551. The van der Waals surface area contributed by atoms with Crippen molar-refractivity contribution in [2.75, 3.05) is 7.11 Å². The standard InChI is InChI=1S/C12H18N2O4S/c1-14-8-10(7-11(14)12(15)18-2)19(16,17)13-9-5-3-4-6-9/h7-9,13H,3-6H2,1-2H3. The van der Waals surface area contributed by atoms with Crippen molar-refractivity contribution in [3.63, 3.8) is 0 Å². The SMILES string of the molecule is COC(=O)c1cc(S(=O)(=O)NC2CCCC2)cn1C. The molecule has 1 fully saturated rings. The molecule has 0 saturated heterocycles. The number of ether oxygens (including phenoxy) is 1. The highest BCUT2D eigenvalue weighted by Gasteiger charge is 2.25. The predicted molar refractivity (Wildman–Crippen MR) is 69.3 cm³/mol. The molecule has 0 atom stereocenters. The molecule has 6 nitrogen and oxygen atoms in total. The second-order valence-corrected chi connectivity index (χ2v) is 6.48. The molecule has 19 heavy (non-hydrogen) atoms. The average Bonchev–Trinajstić information content (AvgIpc) is 2.97. The summed E-state index contributed by atoms with van der Waals surface area (Å²) in [6.45, 7) is 0. The minimum Gasteiger partial charge on any atom is -0.464 e. The minimum atomic E-state index is -3.57. The van der Waals surface area contributed by atoms with Gasteiger partial charge in [-0.05, 0) is 18.9 Å². The van der Waals surface area contributed by atoms with Gasteiger partial charge in [0.05, 0.1) is 7.11 Å². The molecule has 1 aliphatic carbocycles. The molecule has 1 aromatic heterocycles. The number of sulfonamides is 1. The fraction of sp³-hybridized carbons (Fsp3) is 0.583. The van der Waals surface area contributed by atoms with Crippen molar-refractivity contribution in [1.82, 2.24) is 9.29 Å². The van der Waals surface area contributed by atoms with E-state index < -0.39 is 16.0 Å². The number of carbonyl (C=O) groups excluding carboxylic acids is 1. The number of esters is 1. The Kier molecular flexibility index (Phi) is 3.96. The van der Waals surface area contributed by atoms with Crippen LogP contribution in [0.1, 0.15) is 36.2 Å². The van der Waals surface area contributed by atoms with Crippen molar-refractivity contribution in [3.05, 3.63) is 18.0 Å². The van der Waals surface area contributed by atoms with E-state index >= 15 is 0 Å². The first-order chi connectivity index (χ1) is 8.94. The first-order valence-corrected chi connectivity index (χ1v) is 7.69. The Morgan fingerprint density at radius 2 is 2.05 bits per heavy atom. The fourth-order valence-corrected chi connectivity index (χ4v) is 3.69. The maximum absolute atomic E-state index is 12.2. The molecule has 1 saturated carbocycles. The number of carbonyl (C=O) groups is 1. The number of nitrogens with zero attached hydrogens (tertiary/aromatic N) is 1. The Morgan fingerprint density at radius 3 is 2.63 bits per heavy atom. The summed E-state index contributed by atoms with van der Waals surface area (Å²) >= 11 is 0. The minimum absolute atomic E-state index is 0.00628. The van der Waals surface area contributed by atoms with Crippen molar-refractivity contribution in [3.8, 4) is 0 Å². The molecular formula is C12H18N2O4S. The fourth-order valence-electron chi connectivity index (χ4n) is 2.32. The lowest BCUT2D eigenvalue weighted by Crippen LogP contribution is -2.32. The Morgan fingerprint density at radius 1 is 1.42 bits per heavy atom. The van der Waals surface area contributed by atoms with Gasteiger partial charge in [0.25, 0.3) is 0 Å². The molecule has 1 heterocycles. The van der Waals surface area contributed by atoms with Crippen molar-refractivity contribution in [1.29, 1.82) is 0 Å². The summed E-state index contributed by atoms with van der Waals surface area (Å²) in [4.78, 5) is 11.6. The molecule has 0 unspecified atom stereocenters. The van der Waals surface area contributed by atoms with E-state index in [1.54, 1.807) is 7.05 Å². The summed E-state index contributed by atoms with van der Waals surface area (Å²) in [6, 6.07) is 1.34. The van der Waals surface area contributed by atoms with Crippen LogP contribution in [0.4, 0.5) is 0 Å². The van der Waals surface area contributed by atoms with Crippen LogP contribution >= 0.6 is 0 Å². The van der Waals surface area contributed by atoms with E-state index in [2.05, 4.69) is 9.46 Å². The van der Waals surface area contributed by atoms with Gasteiger partial charge < -0.3 is 9.30 Å². The lowest BCUT2D eigenvalue weighted by molar-refractivity contribution is 0.0590. The molecule has 106 valence electrons. The smallest absolute Gasteiger partial charge is 0.354 e. The Labute approximate surface area is 112 Å². The number of hydrogen-bond acceptors (Lipinski definition) is 4. The van der Waals surface area contributed by atoms with E-state index in [1.165, 1.54) is 23.9 Å². The number of rotatable bonds is 4. The topological polar surface area (TPSA) is 77.4 Å². The molecule has 2 rings (SSSR count). The molecule has 0 spiro atoms. The van der Waals surface area contributed by atoms with Crippen LogP contribution < -0.4 is 4.72 Å². The van der Waals surface area contributed by atoms with Gasteiger partial charge in [-0.1, -0.05) is 12.8 Å². The summed E-state index contributed by atoms with van der Waals surface area (Å²) < 4.78 is 33.1. The van der Waals surface area contributed by atoms with E-state index in [0.717, 1.165) is 25.7 Å². The highest BCUT2D eigenvalue weighted by Crippen LogP contribution is 2.21. The third-order valence-electron chi connectivity index (χ3n) is 3.36. The first-order valence-electron chi connectivity index (χ1n) is 6.21.